The molecule has 3 aromatic carbocycles. The van der Waals surface area contributed by atoms with E-state index < -0.39 is 16.4 Å². The molecule has 37 heavy (non-hydrogen) atoms. The quantitative estimate of drug-likeness (QED) is 0.317. The van der Waals surface area contributed by atoms with Crippen LogP contribution in [-0.4, -0.2) is 19.3 Å². The Morgan fingerprint density at radius 1 is 0.811 bits per heavy atom. The summed E-state index contributed by atoms with van der Waals surface area (Å²) in [6, 6.07) is 24.9. The number of ether oxygens (including phenoxy) is 2. The van der Waals surface area contributed by atoms with E-state index in [0.717, 1.165) is 28.7 Å². The summed E-state index contributed by atoms with van der Waals surface area (Å²) in [5.74, 6) is 0.832. The average Bonchev–Trinajstić information content (AvgIpc) is 2.96. The molecule has 0 N–H and O–H groups in total. The summed E-state index contributed by atoms with van der Waals surface area (Å²) < 4.78 is 17.4. The predicted molar refractivity (Wildman–Crippen MR) is 145 cm³/mol. The second-order valence-electron chi connectivity index (χ2n) is 10.1. The van der Waals surface area contributed by atoms with Gasteiger partial charge in [0.15, 0.2) is 0 Å². The standard InChI is InChI=1S/C33H26O4/c1-35-25-10-8-24(9-11-25)31(23-6-3-2-4-7-23)18-19-32-16-5-20-37-33(32,22-31)17-14-27-26-15-21-36-30(34)28(26)12-13-29(27)32/h2-19,21H,20,22H2,1H3. The molecule has 3 aliphatic rings. The zero-order valence-corrected chi connectivity index (χ0v) is 20.5. The molecule has 3 unspecified atom stereocenters. The molecular weight excluding hydrogens is 460 g/mol. The SMILES string of the molecule is COc1ccc(C2(c3ccccc3)C=CC34C=CCOC3(C=Cc3c4ccc4c(=O)occc34)C2)cc1. The van der Waals surface area contributed by atoms with Crippen LogP contribution in [0.25, 0.3) is 16.8 Å². The normalized spacial score (nSPS) is 27.4. The van der Waals surface area contributed by atoms with E-state index in [4.69, 9.17) is 13.9 Å². The number of benzene rings is 3. The minimum atomic E-state index is -0.605. The van der Waals surface area contributed by atoms with Crippen LogP contribution in [0.4, 0.5) is 0 Å². The van der Waals surface area contributed by atoms with Crippen molar-refractivity contribution >= 4 is 16.8 Å². The topological polar surface area (TPSA) is 48.7 Å². The van der Waals surface area contributed by atoms with Crippen molar-refractivity contribution in [3.63, 3.8) is 0 Å². The van der Waals surface area contributed by atoms with Gasteiger partial charge in [-0.05, 0) is 58.3 Å². The van der Waals surface area contributed by atoms with Crippen LogP contribution in [0, 0.1) is 0 Å². The first-order valence-electron chi connectivity index (χ1n) is 12.6. The number of allylic oxidation sites excluding steroid dienone is 1. The third kappa shape index (κ3) is 2.96. The lowest BCUT2D eigenvalue weighted by molar-refractivity contribution is -0.0538. The molecule has 1 aromatic heterocycles. The summed E-state index contributed by atoms with van der Waals surface area (Å²) in [5, 5.41) is 1.49. The first-order valence-corrected chi connectivity index (χ1v) is 12.6. The summed E-state index contributed by atoms with van der Waals surface area (Å²) in [6.07, 6.45) is 15.6. The number of fused-ring (bicyclic) bond motifs is 3. The van der Waals surface area contributed by atoms with E-state index in [1.165, 1.54) is 17.4 Å². The van der Waals surface area contributed by atoms with E-state index in [1.807, 2.05) is 24.3 Å². The Kier molecular flexibility index (Phi) is 4.73. The van der Waals surface area contributed by atoms with E-state index in [1.54, 1.807) is 7.11 Å². The highest BCUT2D eigenvalue weighted by Gasteiger charge is 2.59. The lowest BCUT2D eigenvalue weighted by Crippen LogP contribution is -2.59. The van der Waals surface area contributed by atoms with Gasteiger partial charge in [0.2, 0.25) is 0 Å². The second-order valence-corrected chi connectivity index (χ2v) is 10.1. The van der Waals surface area contributed by atoms with Crippen LogP contribution in [0.5, 0.6) is 5.75 Å². The molecule has 0 radical (unpaired) electrons. The van der Waals surface area contributed by atoms with Crippen molar-refractivity contribution in [2.75, 3.05) is 13.7 Å². The highest BCUT2D eigenvalue weighted by molar-refractivity contribution is 5.93. The molecule has 2 aliphatic carbocycles. The van der Waals surface area contributed by atoms with Crippen LogP contribution in [0.3, 0.4) is 0 Å². The molecule has 0 amide bonds. The fourth-order valence-electron chi connectivity index (χ4n) is 6.65. The van der Waals surface area contributed by atoms with Crippen molar-refractivity contribution in [2.24, 2.45) is 0 Å². The first kappa shape index (κ1) is 22.1. The molecule has 7 rings (SSSR count). The second kappa shape index (κ2) is 7.92. The van der Waals surface area contributed by atoms with Crippen molar-refractivity contribution in [1.29, 1.82) is 0 Å². The predicted octanol–water partition coefficient (Wildman–Crippen LogP) is 6.34. The maximum atomic E-state index is 12.4. The molecule has 2 heterocycles. The first-order chi connectivity index (χ1) is 18.1. The van der Waals surface area contributed by atoms with Gasteiger partial charge in [0.25, 0.3) is 0 Å². The molecule has 0 bridgehead atoms. The summed E-state index contributed by atoms with van der Waals surface area (Å²) in [7, 11) is 1.69. The Labute approximate surface area is 215 Å². The van der Waals surface area contributed by atoms with Crippen LogP contribution < -0.4 is 10.4 Å². The van der Waals surface area contributed by atoms with Crippen LogP contribution in [0.15, 0.2) is 119 Å². The van der Waals surface area contributed by atoms with Crippen molar-refractivity contribution in [1.82, 2.24) is 0 Å². The van der Waals surface area contributed by atoms with Gasteiger partial charge in [-0.25, -0.2) is 4.79 Å². The summed E-state index contributed by atoms with van der Waals surface area (Å²) in [4.78, 5) is 12.4. The molecule has 0 saturated heterocycles. The van der Waals surface area contributed by atoms with Gasteiger partial charge >= 0.3 is 5.63 Å². The van der Waals surface area contributed by atoms with Crippen molar-refractivity contribution in [3.05, 3.63) is 142 Å². The maximum absolute atomic E-state index is 12.4. The van der Waals surface area contributed by atoms with E-state index >= 15 is 0 Å². The maximum Gasteiger partial charge on any atom is 0.343 e. The molecule has 0 saturated carbocycles. The Balaban J connectivity index is 1.50. The smallest absolute Gasteiger partial charge is 0.343 e. The van der Waals surface area contributed by atoms with Crippen molar-refractivity contribution in [3.8, 4) is 5.75 Å². The molecule has 0 spiro atoms. The van der Waals surface area contributed by atoms with Gasteiger partial charge in [0.1, 0.15) is 11.4 Å². The fourth-order valence-corrected chi connectivity index (χ4v) is 6.65. The number of methoxy groups -OCH3 is 1. The van der Waals surface area contributed by atoms with Gasteiger partial charge in [0.05, 0.1) is 30.8 Å². The summed E-state index contributed by atoms with van der Waals surface area (Å²) in [5.41, 5.74) is 2.76. The average molecular weight is 487 g/mol. The minimum Gasteiger partial charge on any atom is -0.497 e. The van der Waals surface area contributed by atoms with Gasteiger partial charge in [0, 0.05) is 5.41 Å². The highest BCUT2D eigenvalue weighted by atomic mass is 16.5. The van der Waals surface area contributed by atoms with Crippen LogP contribution in [0.1, 0.15) is 28.7 Å². The molecular formula is C33H26O4. The largest absolute Gasteiger partial charge is 0.497 e. The fraction of sp³-hybridized carbons (Fsp3) is 0.182. The molecule has 3 atom stereocenters. The number of hydrogen-bond acceptors (Lipinski definition) is 4. The van der Waals surface area contributed by atoms with Crippen LogP contribution >= 0.6 is 0 Å². The molecule has 182 valence electrons. The lowest BCUT2D eigenvalue weighted by atomic mass is 9.51. The Bertz CT molecular complexity index is 1660. The molecule has 0 fully saturated rings. The zero-order chi connectivity index (χ0) is 25.1. The lowest BCUT2D eigenvalue weighted by Gasteiger charge is -2.57. The van der Waals surface area contributed by atoms with Gasteiger partial charge in [-0.2, -0.15) is 0 Å². The Morgan fingerprint density at radius 3 is 2.43 bits per heavy atom. The van der Waals surface area contributed by atoms with Crippen molar-refractivity contribution in [2.45, 2.75) is 22.9 Å². The molecule has 4 nitrogen and oxygen atoms in total. The Morgan fingerprint density at radius 2 is 1.62 bits per heavy atom. The molecule has 1 aliphatic heterocycles. The number of hydrogen-bond donors (Lipinski definition) is 0. The van der Waals surface area contributed by atoms with Gasteiger partial charge in [-0.3, -0.25) is 0 Å². The van der Waals surface area contributed by atoms with E-state index in [2.05, 4.69) is 85.0 Å². The van der Waals surface area contributed by atoms with Gasteiger partial charge in [-0.15, -0.1) is 0 Å². The summed E-state index contributed by atoms with van der Waals surface area (Å²) >= 11 is 0. The van der Waals surface area contributed by atoms with E-state index in [0.29, 0.717) is 12.0 Å². The minimum absolute atomic E-state index is 0.319. The van der Waals surface area contributed by atoms with Crippen LogP contribution in [-0.2, 0) is 15.6 Å². The monoisotopic (exact) mass is 486 g/mol. The third-order valence-electron chi connectivity index (χ3n) is 8.47. The van der Waals surface area contributed by atoms with Crippen molar-refractivity contribution < 1.29 is 13.9 Å². The number of rotatable bonds is 3. The Hall–Kier alpha value is -4.15. The zero-order valence-electron chi connectivity index (χ0n) is 20.5. The molecule has 4 aromatic rings. The van der Waals surface area contributed by atoms with E-state index in [9.17, 15) is 4.79 Å². The summed E-state index contributed by atoms with van der Waals surface area (Å²) in [6.45, 7) is 0.542. The van der Waals surface area contributed by atoms with Crippen LogP contribution in [0.2, 0.25) is 0 Å². The highest BCUT2D eigenvalue weighted by Crippen LogP contribution is 2.59. The third-order valence-corrected chi connectivity index (χ3v) is 8.47. The molecule has 4 heteroatoms. The van der Waals surface area contributed by atoms with E-state index in [-0.39, 0.29) is 5.63 Å². The van der Waals surface area contributed by atoms with Gasteiger partial charge < -0.3 is 13.9 Å². The van der Waals surface area contributed by atoms with Gasteiger partial charge in [-0.1, -0.05) is 85.0 Å².